The Morgan fingerprint density at radius 1 is 1.42 bits per heavy atom. The number of thiazole rings is 1. The maximum absolute atomic E-state index is 13.6. The molecule has 0 amide bonds. The van der Waals surface area contributed by atoms with Gasteiger partial charge in [-0.05, 0) is 31.2 Å². The zero-order valence-electron chi connectivity index (χ0n) is 11.1. The van der Waals surface area contributed by atoms with Gasteiger partial charge >= 0.3 is 0 Å². The average molecular weight is 280 g/mol. The van der Waals surface area contributed by atoms with Crippen molar-refractivity contribution in [1.82, 2.24) is 10.3 Å². The Bertz CT molecular complexity index is 542. The van der Waals surface area contributed by atoms with E-state index in [0.29, 0.717) is 0 Å². The molecule has 2 rings (SSSR count). The van der Waals surface area contributed by atoms with Gasteiger partial charge in [-0.15, -0.1) is 11.3 Å². The Morgan fingerprint density at radius 2 is 2.26 bits per heavy atom. The van der Waals surface area contributed by atoms with Crippen LogP contribution in [-0.4, -0.2) is 18.6 Å². The van der Waals surface area contributed by atoms with Crippen molar-refractivity contribution in [2.45, 2.75) is 19.9 Å². The van der Waals surface area contributed by atoms with Gasteiger partial charge in [-0.25, -0.2) is 9.37 Å². The predicted octanol–water partition coefficient (Wildman–Crippen LogP) is 3.46. The fraction of sp³-hybridized carbons (Fsp3) is 0.357. The summed E-state index contributed by atoms with van der Waals surface area (Å²) in [5.41, 5.74) is 1.58. The summed E-state index contributed by atoms with van der Waals surface area (Å²) in [4.78, 5) is 4.50. The summed E-state index contributed by atoms with van der Waals surface area (Å²) in [5, 5.41) is 6.26. The van der Waals surface area contributed by atoms with E-state index < -0.39 is 0 Å². The molecule has 1 aromatic carbocycles. The van der Waals surface area contributed by atoms with Gasteiger partial charge in [0.25, 0.3) is 0 Å². The Hall–Kier alpha value is -1.46. The number of hydrogen-bond donors (Lipinski definition) is 1. The molecule has 102 valence electrons. The Labute approximate surface area is 116 Å². The third kappa shape index (κ3) is 3.52. The highest BCUT2D eigenvalue weighted by molar-refractivity contribution is 7.09. The van der Waals surface area contributed by atoms with Gasteiger partial charge in [0.15, 0.2) is 11.6 Å². The minimum absolute atomic E-state index is 0.254. The summed E-state index contributed by atoms with van der Waals surface area (Å²) in [6.45, 7) is 3.86. The average Bonchev–Trinajstić information content (AvgIpc) is 2.88. The molecule has 0 saturated carbocycles. The lowest BCUT2D eigenvalue weighted by Gasteiger charge is -2.03. The van der Waals surface area contributed by atoms with E-state index in [1.54, 1.807) is 17.4 Å². The van der Waals surface area contributed by atoms with Gasteiger partial charge in [-0.3, -0.25) is 0 Å². The Balaban J connectivity index is 2.11. The van der Waals surface area contributed by atoms with E-state index in [-0.39, 0.29) is 11.6 Å². The number of hydrogen-bond acceptors (Lipinski definition) is 4. The van der Waals surface area contributed by atoms with Crippen LogP contribution in [0.4, 0.5) is 4.39 Å². The molecule has 0 aliphatic carbocycles. The highest BCUT2D eigenvalue weighted by atomic mass is 32.1. The van der Waals surface area contributed by atoms with E-state index in [1.165, 1.54) is 13.2 Å². The van der Waals surface area contributed by atoms with Crippen LogP contribution in [0.5, 0.6) is 5.75 Å². The first-order chi connectivity index (χ1) is 9.24. The van der Waals surface area contributed by atoms with E-state index in [1.807, 2.05) is 11.4 Å². The topological polar surface area (TPSA) is 34.2 Å². The largest absolute Gasteiger partial charge is 0.494 e. The fourth-order valence-corrected chi connectivity index (χ4v) is 2.50. The first-order valence-corrected chi connectivity index (χ1v) is 7.11. The number of ether oxygens (including phenoxy) is 1. The quantitative estimate of drug-likeness (QED) is 0.823. The van der Waals surface area contributed by atoms with Crippen LogP contribution in [0.1, 0.15) is 18.4 Å². The molecule has 2 aromatic rings. The van der Waals surface area contributed by atoms with Crippen LogP contribution in [0.25, 0.3) is 11.3 Å². The molecule has 0 aliphatic heterocycles. The van der Waals surface area contributed by atoms with E-state index in [0.717, 1.165) is 35.8 Å². The van der Waals surface area contributed by atoms with Gasteiger partial charge in [0.05, 0.1) is 12.8 Å². The van der Waals surface area contributed by atoms with Crippen molar-refractivity contribution < 1.29 is 9.13 Å². The molecule has 0 fully saturated rings. The Morgan fingerprint density at radius 3 is 2.95 bits per heavy atom. The summed E-state index contributed by atoms with van der Waals surface area (Å²) in [6, 6.07) is 4.90. The second-order valence-electron chi connectivity index (χ2n) is 4.15. The lowest BCUT2D eigenvalue weighted by molar-refractivity contribution is 0.386. The van der Waals surface area contributed by atoms with Crippen molar-refractivity contribution in [1.29, 1.82) is 0 Å². The molecular formula is C14H17FN2OS. The minimum atomic E-state index is -0.362. The molecule has 5 heteroatoms. The van der Waals surface area contributed by atoms with Crippen LogP contribution in [0.3, 0.4) is 0 Å². The molecular weight excluding hydrogens is 263 g/mol. The SMILES string of the molecule is CCCNCc1nc(-c2ccc(OC)c(F)c2)cs1. The standard InChI is InChI=1S/C14H17FN2OS/c1-3-6-16-8-14-17-12(9-19-14)10-4-5-13(18-2)11(15)7-10/h4-5,7,9,16H,3,6,8H2,1-2H3. The summed E-state index contributed by atoms with van der Waals surface area (Å²) in [5.74, 6) is -0.109. The van der Waals surface area contributed by atoms with Gasteiger partial charge in [0.1, 0.15) is 5.01 Å². The summed E-state index contributed by atoms with van der Waals surface area (Å²) < 4.78 is 18.5. The van der Waals surface area contributed by atoms with E-state index in [4.69, 9.17) is 4.74 Å². The number of nitrogens with one attached hydrogen (secondary N) is 1. The second-order valence-corrected chi connectivity index (χ2v) is 5.10. The normalized spacial score (nSPS) is 10.7. The third-order valence-electron chi connectivity index (χ3n) is 2.70. The minimum Gasteiger partial charge on any atom is -0.494 e. The van der Waals surface area contributed by atoms with Gasteiger partial charge < -0.3 is 10.1 Å². The van der Waals surface area contributed by atoms with E-state index in [9.17, 15) is 4.39 Å². The Kier molecular flexibility index (Phi) is 4.87. The van der Waals surface area contributed by atoms with Crippen molar-refractivity contribution in [2.24, 2.45) is 0 Å². The molecule has 1 aromatic heterocycles. The number of rotatable bonds is 6. The van der Waals surface area contributed by atoms with Crippen LogP contribution in [0.15, 0.2) is 23.6 Å². The van der Waals surface area contributed by atoms with Crippen LogP contribution in [-0.2, 0) is 6.54 Å². The molecule has 0 aliphatic rings. The molecule has 0 saturated heterocycles. The highest BCUT2D eigenvalue weighted by Crippen LogP contribution is 2.26. The lowest BCUT2D eigenvalue weighted by atomic mass is 10.1. The molecule has 19 heavy (non-hydrogen) atoms. The van der Waals surface area contributed by atoms with Crippen molar-refractivity contribution in [3.63, 3.8) is 0 Å². The molecule has 0 spiro atoms. The maximum Gasteiger partial charge on any atom is 0.165 e. The highest BCUT2D eigenvalue weighted by Gasteiger charge is 2.08. The zero-order valence-corrected chi connectivity index (χ0v) is 11.9. The molecule has 1 heterocycles. The number of aromatic nitrogens is 1. The zero-order chi connectivity index (χ0) is 13.7. The van der Waals surface area contributed by atoms with E-state index in [2.05, 4.69) is 17.2 Å². The molecule has 0 radical (unpaired) electrons. The van der Waals surface area contributed by atoms with Crippen LogP contribution in [0, 0.1) is 5.82 Å². The summed E-state index contributed by atoms with van der Waals surface area (Å²) in [7, 11) is 1.46. The number of nitrogens with zero attached hydrogens (tertiary/aromatic N) is 1. The van der Waals surface area contributed by atoms with Crippen LogP contribution in [0.2, 0.25) is 0 Å². The first kappa shape index (κ1) is 14.0. The summed E-state index contributed by atoms with van der Waals surface area (Å²) >= 11 is 1.58. The first-order valence-electron chi connectivity index (χ1n) is 6.23. The van der Waals surface area contributed by atoms with Crippen molar-refractivity contribution in [2.75, 3.05) is 13.7 Å². The van der Waals surface area contributed by atoms with Gasteiger partial charge in [0, 0.05) is 17.5 Å². The van der Waals surface area contributed by atoms with E-state index >= 15 is 0 Å². The smallest absolute Gasteiger partial charge is 0.165 e. The van der Waals surface area contributed by atoms with Gasteiger partial charge in [-0.1, -0.05) is 6.92 Å². The van der Waals surface area contributed by atoms with Crippen LogP contribution >= 0.6 is 11.3 Å². The van der Waals surface area contributed by atoms with Crippen LogP contribution < -0.4 is 10.1 Å². The van der Waals surface area contributed by atoms with Gasteiger partial charge in [-0.2, -0.15) is 0 Å². The van der Waals surface area contributed by atoms with Crippen molar-refractivity contribution in [3.05, 3.63) is 34.4 Å². The second kappa shape index (κ2) is 6.63. The number of methoxy groups -OCH3 is 1. The summed E-state index contributed by atoms with van der Waals surface area (Å²) in [6.07, 6.45) is 1.10. The monoisotopic (exact) mass is 280 g/mol. The predicted molar refractivity (Wildman–Crippen MR) is 76.1 cm³/mol. The van der Waals surface area contributed by atoms with Gasteiger partial charge in [0.2, 0.25) is 0 Å². The maximum atomic E-state index is 13.6. The number of halogens is 1. The third-order valence-corrected chi connectivity index (χ3v) is 3.55. The molecule has 0 atom stereocenters. The fourth-order valence-electron chi connectivity index (χ4n) is 1.72. The molecule has 0 bridgehead atoms. The molecule has 3 nitrogen and oxygen atoms in total. The molecule has 1 N–H and O–H groups in total. The molecule has 0 unspecified atom stereocenters. The van der Waals surface area contributed by atoms with Crippen molar-refractivity contribution in [3.8, 4) is 17.0 Å². The number of benzene rings is 1. The van der Waals surface area contributed by atoms with Crippen molar-refractivity contribution >= 4 is 11.3 Å². The lowest BCUT2D eigenvalue weighted by Crippen LogP contribution is -2.13.